The molecule has 1 aromatic heterocycles. The van der Waals surface area contributed by atoms with E-state index in [2.05, 4.69) is 28.9 Å². The van der Waals surface area contributed by atoms with Crippen molar-refractivity contribution in [1.82, 2.24) is 20.0 Å². The third kappa shape index (κ3) is 3.72. The molecule has 0 aliphatic carbocycles. The Morgan fingerprint density at radius 2 is 1.89 bits per heavy atom. The van der Waals surface area contributed by atoms with Gasteiger partial charge in [0.15, 0.2) is 0 Å². The number of carbonyl (C=O) groups excluding carboxylic acids is 2. The molecule has 0 saturated carbocycles. The first-order chi connectivity index (χ1) is 12.7. The second-order valence-corrected chi connectivity index (χ2v) is 9.27. The maximum absolute atomic E-state index is 13.3. The number of nitrogens with zero attached hydrogens (tertiary/aromatic N) is 5. The van der Waals surface area contributed by atoms with Crippen molar-refractivity contribution in [2.45, 2.75) is 53.0 Å². The van der Waals surface area contributed by atoms with E-state index in [-0.39, 0.29) is 11.9 Å². The minimum Gasteiger partial charge on any atom is -0.346 e. The van der Waals surface area contributed by atoms with Gasteiger partial charge in [0.2, 0.25) is 5.13 Å². The topological polar surface area (TPSA) is 69.6 Å². The van der Waals surface area contributed by atoms with Gasteiger partial charge < -0.3 is 9.80 Å². The van der Waals surface area contributed by atoms with Gasteiger partial charge in [-0.25, -0.2) is 4.79 Å². The lowest BCUT2D eigenvalue weighted by Crippen LogP contribution is -2.57. The van der Waals surface area contributed by atoms with Crippen molar-refractivity contribution in [3.63, 3.8) is 0 Å². The molecule has 1 aromatic rings. The monoisotopic (exact) mass is 391 g/mol. The van der Waals surface area contributed by atoms with Gasteiger partial charge in [-0.05, 0) is 39.5 Å². The average Bonchev–Trinajstić information content (AvgIpc) is 3.11. The van der Waals surface area contributed by atoms with Gasteiger partial charge in [0, 0.05) is 26.2 Å². The number of aromatic nitrogens is 2. The molecule has 3 heterocycles. The summed E-state index contributed by atoms with van der Waals surface area (Å²) in [7, 11) is 0. The van der Waals surface area contributed by atoms with Crippen LogP contribution in [0.15, 0.2) is 11.6 Å². The highest BCUT2D eigenvalue weighted by atomic mass is 32.1. The largest absolute Gasteiger partial charge is 0.346 e. The van der Waals surface area contributed by atoms with Crippen molar-refractivity contribution < 1.29 is 9.59 Å². The molecule has 0 N–H and O–H groups in total. The molecule has 7 nitrogen and oxygen atoms in total. The molecule has 1 spiro atoms. The van der Waals surface area contributed by atoms with Crippen molar-refractivity contribution in [3.8, 4) is 0 Å². The summed E-state index contributed by atoms with van der Waals surface area (Å²) in [4.78, 5) is 31.8. The van der Waals surface area contributed by atoms with E-state index in [1.165, 1.54) is 4.90 Å². The van der Waals surface area contributed by atoms with Gasteiger partial charge in [0.05, 0.1) is 0 Å². The molecule has 27 heavy (non-hydrogen) atoms. The lowest BCUT2D eigenvalue weighted by molar-refractivity contribution is -0.134. The number of urea groups is 1. The van der Waals surface area contributed by atoms with Gasteiger partial charge in [0.1, 0.15) is 10.5 Å². The van der Waals surface area contributed by atoms with E-state index in [1.807, 2.05) is 31.7 Å². The molecule has 2 aliphatic heterocycles. The molecule has 3 rings (SSSR count). The summed E-state index contributed by atoms with van der Waals surface area (Å²) in [5, 5.41) is 10.2. The standard InChI is InChI=1S/C19H29N5O2S/c1-13(2)6-9-23-16(25)19(24(18(23)26)12-14(3)4)7-10-22(11-8-19)17-21-20-15(5)27-17/h6,14H,7-12H2,1-5H3. The minimum atomic E-state index is -0.715. The number of amides is 3. The molecule has 148 valence electrons. The average molecular weight is 392 g/mol. The minimum absolute atomic E-state index is 0.0428. The smallest absolute Gasteiger partial charge is 0.327 e. The second kappa shape index (κ2) is 7.58. The van der Waals surface area contributed by atoms with Crippen LogP contribution in [0.5, 0.6) is 0 Å². The van der Waals surface area contributed by atoms with Crippen LogP contribution < -0.4 is 4.90 Å². The maximum atomic E-state index is 13.3. The molecule has 0 radical (unpaired) electrons. The van der Waals surface area contributed by atoms with Gasteiger partial charge in [-0.3, -0.25) is 9.69 Å². The van der Waals surface area contributed by atoms with Crippen molar-refractivity contribution in [1.29, 1.82) is 0 Å². The fourth-order valence-electron chi connectivity index (χ4n) is 3.80. The number of anilines is 1. The highest BCUT2D eigenvalue weighted by Gasteiger charge is 2.57. The maximum Gasteiger partial charge on any atom is 0.327 e. The molecule has 8 heteroatoms. The number of hydrogen-bond acceptors (Lipinski definition) is 6. The molecule has 0 aromatic carbocycles. The Bertz CT molecular complexity index is 745. The van der Waals surface area contributed by atoms with Crippen molar-refractivity contribution in [2.24, 2.45) is 5.92 Å². The Hall–Kier alpha value is -1.96. The quantitative estimate of drug-likeness (QED) is 0.570. The van der Waals surface area contributed by atoms with E-state index >= 15 is 0 Å². The van der Waals surface area contributed by atoms with E-state index in [0.717, 1.165) is 15.7 Å². The molecular formula is C19H29N5O2S. The molecule has 2 fully saturated rings. The van der Waals surface area contributed by atoms with Gasteiger partial charge >= 0.3 is 6.03 Å². The zero-order chi connectivity index (χ0) is 19.8. The van der Waals surface area contributed by atoms with Crippen LogP contribution >= 0.6 is 11.3 Å². The van der Waals surface area contributed by atoms with Crippen molar-refractivity contribution >= 4 is 28.4 Å². The van der Waals surface area contributed by atoms with Gasteiger partial charge in [-0.15, -0.1) is 10.2 Å². The molecule has 0 unspecified atom stereocenters. The van der Waals surface area contributed by atoms with Crippen LogP contribution in [0.25, 0.3) is 0 Å². The summed E-state index contributed by atoms with van der Waals surface area (Å²) in [5.41, 5.74) is 0.390. The number of carbonyl (C=O) groups is 2. The van der Waals surface area contributed by atoms with E-state index in [1.54, 1.807) is 11.3 Å². The molecule has 2 aliphatic rings. The Labute approximate surface area is 165 Å². The molecule has 3 amide bonds. The molecule has 0 bridgehead atoms. The third-order valence-corrected chi connectivity index (χ3v) is 6.13. The van der Waals surface area contributed by atoms with E-state index in [9.17, 15) is 9.59 Å². The SMILES string of the molecule is CC(C)=CCN1C(=O)N(CC(C)C)C2(CCN(c3nnc(C)s3)CC2)C1=O. The highest BCUT2D eigenvalue weighted by Crippen LogP contribution is 2.39. The van der Waals surface area contributed by atoms with Gasteiger partial charge in [0.25, 0.3) is 5.91 Å². The van der Waals surface area contributed by atoms with Crippen LogP contribution in [0.3, 0.4) is 0 Å². The molecule has 0 atom stereocenters. The van der Waals surface area contributed by atoms with Crippen LogP contribution in [0.4, 0.5) is 9.93 Å². The molecular weight excluding hydrogens is 362 g/mol. The van der Waals surface area contributed by atoms with Crippen LogP contribution in [-0.2, 0) is 4.79 Å². The van der Waals surface area contributed by atoms with Crippen LogP contribution in [0.2, 0.25) is 0 Å². The fraction of sp³-hybridized carbons (Fsp3) is 0.684. The number of imide groups is 1. The summed E-state index contributed by atoms with van der Waals surface area (Å²) in [6.07, 6.45) is 3.21. The number of aryl methyl sites for hydroxylation is 1. The summed E-state index contributed by atoms with van der Waals surface area (Å²) >= 11 is 1.57. The second-order valence-electron chi connectivity index (χ2n) is 8.11. The normalized spacial score (nSPS) is 19.6. The van der Waals surface area contributed by atoms with Crippen molar-refractivity contribution in [3.05, 3.63) is 16.7 Å². The molecule has 2 saturated heterocycles. The van der Waals surface area contributed by atoms with Crippen molar-refractivity contribution in [2.75, 3.05) is 31.1 Å². The van der Waals surface area contributed by atoms with Gasteiger partial charge in [-0.1, -0.05) is 36.8 Å². The number of piperidine rings is 1. The number of rotatable bonds is 5. The van der Waals surface area contributed by atoms with E-state index < -0.39 is 5.54 Å². The fourth-order valence-corrected chi connectivity index (χ4v) is 4.54. The zero-order valence-corrected chi connectivity index (χ0v) is 17.7. The first-order valence-electron chi connectivity index (χ1n) is 9.56. The van der Waals surface area contributed by atoms with E-state index in [4.69, 9.17) is 0 Å². The summed E-state index contributed by atoms with van der Waals surface area (Å²) < 4.78 is 0. The lowest BCUT2D eigenvalue weighted by Gasteiger charge is -2.42. The Morgan fingerprint density at radius 3 is 2.41 bits per heavy atom. The Balaban J connectivity index is 1.83. The predicted molar refractivity (Wildman–Crippen MR) is 107 cm³/mol. The van der Waals surface area contributed by atoms with Gasteiger partial charge in [-0.2, -0.15) is 0 Å². The number of allylic oxidation sites excluding steroid dienone is 1. The predicted octanol–water partition coefficient (Wildman–Crippen LogP) is 3.07. The first kappa shape index (κ1) is 19.8. The first-order valence-corrected chi connectivity index (χ1v) is 10.4. The summed E-state index contributed by atoms with van der Waals surface area (Å²) in [6.45, 7) is 12.5. The number of hydrogen-bond donors (Lipinski definition) is 0. The van der Waals surface area contributed by atoms with Crippen LogP contribution in [0, 0.1) is 12.8 Å². The van der Waals surface area contributed by atoms with E-state index in [0.29, 0.717) is 44.9 Å². The summed E-state index contributed by atoms with van der Waals surface area (Å²) in [5.74, 6) is 0.268. The lowest BCUT2D eigenvalue weighted by atomic mass is 9.85. The summed E-state index contributed by atoms with van der Waals surface area (Å²) in [6, 6.07) is -0.147. The zero-order valence-electron chi connectivity index (χ0n) is 16.9. The van der Waals surface area contributed by atoms with Crippen LogP contribution in [0.1, 0.15) is 45.5 Å². The Morgan fingerprint density at radius 1 is 1.22 bits per heavy atom. The Kier molecular flexibility index (Phi) is 5.55. The third-order valence-electron chi connectivity index (χ3n) is 5.23. The van der Waals surface area contributed by atoms with Crippen LogP contribution in [-0.4, -0.2) is 63.7 Å². The highest BCUT2D eigenvalue weighted by molar-refractivity contribution is 7.15.